The first kappa shape index (κ1) is 15.7. The maximum atomic E-state index is 12.5. The predicted octanol–water partition coefficient (Wildman–Crippen LogP) is 1.29. The van der Waals surface area contributed by atoms with Crippen LogP contribution in [0, 0.1) is 13.8 Å². The van der Waals surface area contributed by atoms with Gasteiger partial charge in [-0.2, -0.15) is 10.2 Å². The predicted molar refractivity (Wildman–Crippen MR) is 79.9 cm³/mol. The number of carbonyl (C=O) groups excluding carboxylic acids is 2. The van der Waals surface area contributed by atoms with Crippen molar-refractivity contribution < 1.29 is 14.3 Å². The third-order valence-electron chi connectivity index (χ3n) is 3.27. The number of rotatable bonds is 4. The van der Waals surface area contributed by atoms with Gasteiger partial charge in [-0.3, -0.25) is 14.2 Å². The van der Waals surface area contributed by atoms with Gasteiger partial charge in [-0.05, 0) is 26.8 Å². The molecule has 2 aromatic heterocycles. The van der Waals surface area contributed by atoms with Crippen LogP contribution < -0.4 is 5.32 Å². The molecule has 0 atom stereocenters. The Morgan fingerprint density at radius 2 is 2.00 bits per heavy atom. The number of amides is 1. The summed E-state index contributed by atoms with van der Waals surface area (Å²) < 4.78 is 7.73. The van der Waals surface area contributed by atoms with Gasteiger partial charge in [0.05, 0.1) is 24.2 Å². The van der Waals surface area contributed by atoms with Crippen LogP contribution in [0.15, 0.2) is 6.07 Å². The number of esters is 1. The Labute approximate surface area is 128 Å². The molecule has 22 heavy (non-hydrogen) atoms. The van der Waals surface area contributed by atoms with Crippen molar-refractivity contribution in [2.45, 2.75) is 27.3 Å². The molecule has 8 heteroatoms. The van der Waals surface area contributed by atoms with E-state index in [1.807, 2.05) is 13.8 Å². The zero-order valence-corrected chi connectivity index (χ0v) is 13.3. The largest absolute Gasteiger partial charge is 0.464 e. The molecule has 0 radical (unpaired) electrons. The standard InChI is InChI=1S/C14H19N5O3/c1-6-19-10(7-8(2)16-19)13(20)15-11-9(3)17-18(4)12(11)14(21)22-5/h7H,6H2,1-5H3,(H,15,20). The summed E-state index contributed by atoms with van der Waals surface area (Å²) in [5.41, 5.74) is 2.27. The highest BCUT2D eigenvalue weighted by Gasteiger charge is 2.24. The Morgan fingerprint density at radius 3 is 2.59 bits per heavy atom. The average Bonchev–Trinajstić information content (AvgIpc) is 2.98. The summed E-state index contributed by atoms with van der Waals surface area (Å²) in [7, 11) is 2.90. The van der Waals surface area contributed by atoms with Crippen molar-refractivity contribution in [3.05, 3.63) is 28.8 Å². The fourth-order valence-electron chi connectivity index (χ4n) is 2.29. The maximum Gasteiger partial charge on any atom is 0.358 e. The topological polar surface area (TPSA) is 91.0 Å². The molecule has 2 aromatic rings. The molecular weight excluding hydrogens is 286 g/mol. The van der Waals surface area contributed by atoms with Crippen LogP contribution in [0.25, 0.3) is 0 Å². The van der Waals surface area contributed by atoms with E-state index in [4.69, 9.17) is 4.74 Å². The van der Waals surface area contributed by atoms with Crippen molar-refractivity contribution in [2.75, 3.05) is 12.4 Å². The van der Waals surface area contributed by atoms with E-state index in [-0.39, 0.29) is 11.6 Å². The van der Waals surface area contributed by atoms with Crippen LogP contribution in [0.2, 0.25) is 0 Å². The summed E-state index contributed by atoms with van der Waals surface area (Å²) in [6.45, 7) is 6.01. The number of aryl methyl sites for hydroxylation is 4. The quantitative estimate of drug-likeness (QED) is 0.860. The molecule has 2 rings (SSSR count). The van der Waals surface area contributed by atoms with E-state index in [1.165, 1.54) is 11.8 Å². The fourth-order valence-corrected chi connectivity index (χ4v) is 2.29. The number of methoxy groups -OCH3 is 1. The Bertz CT molecular complexity index is 729. The molecule has 0 unspecified atom stereocenters. The lowest BCUT2D eigenvalue weighted by molar-refractivity contribution is 0.0589. The van der Waals surface area contributed by atoms with Crippen LogP contribution >= 0.6 is 0 Å². The number of hydrogen-bond acceptors (Lipinski definition) is 5. The third kappa shape index (κ3) is 2.72. The molecule has 0 spiro atoms. The first-order valence-corrected chi connectivity index (χ1v) is 6.86. The van der Waals surface area contributed by atoms with Gasteiger partial charge in [-0.15, -0.1) is 0 Å². The molecule has 0 saturated heterocycles. The maximum absolute atomic E-state index is 12.5. The number of nitrogens with zero attached hydrogens (tertiary/aromatic N) is 4. The van der Waals surface area contributed by atoms with Gasteiger partial charge in [0, 0.05) is 13.6 Å². The average molecular weight is 305 g/mol. The number of hydrogen-bond donors (Lipinski definition) is 1. The molecule has 0 aliphatic rings. The van der Waals surface area contributed by atoms with Crippen LogP contribution in [0.5, 0.6) is 0 Å². The molecular formula is C14H19N5O3. The van der Waals surface area contributed by atoms with E-state index in [9.17, 15) is 9.59 Å². The van der Waals surface area contributed by atoms with Crippen molar-refractivity contribution in [3.63, 3.8) is 0 Å². The Kier molecular flexibility index (Phi) is 4.30. The Balaban J connectivity index is 2.38. The Morgan fingerprint density at radius 1 is 1.32 bits per heavy atom. The highest BCUT2D eigenvalue weighted by atomic mass is 16.5. The normalized spacial score (nSPS) is 10.6. The SMILES string of the molecule is CCn1nc(C)cc1C(=O)Nc1c(C)nn(C)c1C(=O)OC. The van der Waals surface area contributed by atoms with E-state index < -0.39 is 5.97 Å². The number of ether oxygens (including phenoxy) is 1. The second-order valence-corrected chi connectivity index (χ2v) is 4.87. The van der Waals surface area contributed by atoms with Gasteiger partial charge in [-0.25, -0.2) is 4.79 Å². The molecule has 118 valence electrons. The lowest BCUT2D eigenvalue weighted by atomic mass is 10.2. The molecule has 2 heterocycles. The molecule has 8 nitrogen and oxygen atoms in total. The molecule has 0 fully saturated rings. The molecule has 0 saturated carbocycles. The van der Waals surface area contributed by atoms with E-state index >= 15 is 0 Å². The second kappa shape index (κ2) is 6.00. The summed E-state index contributed by atoms with van der Waals surface area (Å²) in [4.78, 5) is 24.3. The smallest absolute Gasteiger partial charge is 0.358 e. The molecule has 1 N–H and O–H groups in total. The van der Waals surface area contributed by atoms with E-state index in [0.29, 0.717) is 23.6 Å². The zero-order chi connectivity index (χ0) is 16.4. The summed E-state index contributed by atoms with van der Waals surface area (Å²) in [6.07, 6.45) is 0. The summed E-state index contributed by atoms with van der Waals surface area (Å²) in [6, 6.07) is 1.70. The van der Waals surface area contributed by atoms with Gasteiger partial charge in [0.25, 0.3) is 5.91 Å². The fraction of sp³-hybridized carbons (Fsp3) is 0.429. The molecule has 1 amide bonds. The second-order valence-electron chi connectivity index (χ2n) is 4.87. The van der Waals surface area contributed by atoms with Gasteiger partial charge in [0.15, 0.2) is 5.69 Å². The number of nitrogens with one attached hydrogen (secondary N) is 1. The van der Waals surface area contributed by atoms with Crippen molar-refractivity contribution in [1.82, 2.24) is 19.6 Å². The highest BCUT2D eigenvalue weighted by Crippen LogP contribution is 2.21. The van der Waals surface area contributed by atoms with Crippen LogP contribution in [0.3, 0.4) is 0 Å². The van der Waals surface area contributed by atoms with Crippen LogP contribution in [0.4, 0.5) is 5.69 Å². The summed E-state index contributed by atoms with van der Waals surface area (Å²) in [5.74, 6) is -0.901. The molecule has 0 aliphatic heterocycles. The van der Waals surface area contributed by atoms with Gasteiger partial charge >= 0.3 is 5.97 Å². The minimum atomic E-state index is -0.557. The monoisotopic (exact) mass is 305 g/mol. The van der Waals surface area contributed by atoms with Gasteiger partial charge < -0.3 is 10.1 Å². The van der Waals surface area contributed by atoms with Crippen LogP contribution in [-0.2, 0) is 18.3 Å². The molecule has 0 bridgehead atoms. The van der Waals surface area contributed by atoms with Crippen molar-refractivity contribution in [2.24, 2.45) is 7.05 Å². The van der Waals surface area contributed by atoms with Crippen LogP contribution in [0.1, 0.15) is 39.3 Å². The first-order chi connectivity index (χ1) is 10.4. The summed E-state index contributed by atoms with van der Waals surface area (Å²) >= 11 is 0. The van der Waals surface area contributed by atoms with E-state index in [1.54, 1.807) is 24.7 Å². The molecule has 0 aliphatic carbocycles. The van der Waals surface area contributed by atoms with Crippen molar-refractivity contribution in [3.8, 4) is 0 Å². The lowest BCUT2D eigenvalue weighted by Gasteiger charge is -2.08. The summed E-state index contributed by atoms with van der Waals surface area (Å²) in [5, 5.41) is 11.1. The van der Waals surface area contributed by atoms with Gasteiger partial charge in [0.2, 0.25) is 0 Å². The molecule has 0 aromatic carbocycles. The third-order valence-corrected chi connectivity index (χ3v) is 3.27. The van der Waals surface area contributed by atoms with E-state index in [0.717, 1.165) is 5.69 Å². The van der Waals surface area contributed by atoms with Crippen molar-refractivity contribution >= 4 is 17.6 Å². The van der Waals surface area contributed by atoms with E-state index in [2.05, 4.69) is 15.5 Å². The number of aromatic nitrogens is 4. The van der Waals surface area contributed by atoms with Crippen molar-refractivity contribution in [1.29, 1.82) is 0 Å². The first-order valence-electron chi connectivity index (χ1n) is 6.86. The van der Waals surface area contributed by atoms with Crippen LogP contribution in [-0.4, -0.2) is 38.5 Å². The lowest BCUT2D eigenvalue weighted by Crippen LogP contribution is -2.20. The Hall–Kier alpha value is -2.64. The number of anilines is 1. The zero-order valence-electron chi connectivity index (χ0n) is 13.3. The minimum absolute atomic E-state index is 0.202. The van der Waals surface area contributed by atoms with Gasteiger partial charge in [0.1, 0.15) is 5.69 Å². The van der Waals surface area contributed by atoms with Gasteiger partial charge in [-0.1, -0.05) is 0 Å². The minimum Gasteiger partial charge on any atom is -0.464 e. The number of carbonyl (C=O) groups is 2. The highest BCUT2D eigenvalue weighted by molar-refractivity contribution is 6.07.